The van der Waals surface area contributed by atoms with Crippen LogP contribution in [0.2, 0.25) is 0 Å². The summed E-state index contributed by atoms with van der Waals surface area (Å²) in [6, 6.07) is 0. The van der Waals surface area contributed by atoms with Gasteiger partial charge in [0.05, 0.1) is 0 Å². The van der Waals surface area contributed by atoms with Gasteiger partial charge in [-0.3, -0.25) is 0 Å². The van der Waals surface area contributed by atoms with E-state index in [0.29, 0.717) is 0 Å². The second kappa shape index (κ2) is 12.1. The van der Waals surface area contributed by atoms with Gasteiger partial charge in [-0.25, -0.2) is 0 Å². The summed E-state index contributed by atoms with van der Waals surface area (Å²) < 4.78 is 3.36. The molecule has 92 valence electrons. The molecule has 0 radical (unpaired) electrons. The zero-order chi connectivity index (χ0) is 12.9. The van der Waals surface area contributed by atoms with E-state index < -0.39 is 0 Å². The number of allylic oxidation sites excluding steroid dienone is 8. The first-order chi connectivity index (χ1) is 8.28. The first-order valence-electron chi connectivity index (χ1n) is 5.72. The average molecular weight is 266 g/mol. The number of nitrogens with zero attached hydrogens (tertiary/aromatic N) is 2. The smallest absolute Gasteiger partial charge is 0.162 e. The van der Waals surface area contributed by atoms with Crippen molar-refractivity contribution in [3.63, 3.8) is 0 Å². The fraction of sp³-hybridized carbons (Fsp3) is 0.429. The topological polar surface area (TPSA) is 28.2 Å². The molecule has 17 heavy (non-hydrogen) atoms. The van der Waals surface area contributed by atoms with Crippen molar-refractivity contribution in [2.75, 3.05) is 28.2 Å². The fourth-order valence-electron chi connectivity index (χ4n) is 1.29. The largest absolute Gasteiger partial charge is 0.668 e. The van der Waals surface area contributed by atoms with Gasteiger partial charge in [0.15, 0.2) is 0 Å². The molecule has 0 saturated carbocycles. The predicted molar refractivity (Wildman–Crippen MR) is 74.1 cm³/mol. The van der Waals surface area contributed by atoms with Gasteiger partial charge in [-0.05, 0) is 0 Å². The van der Waals surface area contributed by atoms with E-state index in [4.69, 9.17) is 0 Å². The van der Waals surface area contributed by atoms with Crippen molar-refractivity contribution in [3.8, 4) is 0 Å². The molecule has 0 fully saturated rings. The third-order valence-electron chi connectivity index (χ3n) is 1.86. The van der Waals surface area contributed by atoms with Crippen molar-refractivity contribution in [2.24, 2.45) is 0 Å². The van der Waals surface area contributed by atoms with Crippen LogP contribution in [0.3, 0.4) is 0 Å². The molecule has 2 aliphatic carbocycles. The number of hydrogen-bond acceptors (Lipinski definition) is 0. The summed E-state index contributed by atoms with van der Waals surface area (Å²) in [6.45, 7) is 0. The molecule has 0 bridgehead atoms. The molecule has 0 atom stereocenters. The molecule has 0 spiro atoms. The number of rotatable bonds is 2. The van der Waals surface area contributed by atoms with Crippen molar-refractivity contribution in [2.45, 2.75) is 12.8 Å². The third kappa shape index (κ3) is 9.31. The van der Waals surface area contributed by atoms with Crippen molar-refractivity contribution in [1.82, 2.24) is 0 Å². The van der Waals surface area contributed by atoms with Crippen LogP contribution in [0.25, 0.3) is 10.6 Å². The van der Waals surface area contributed by atoms with Crippen LogP contribution in [0, 0.1) is 0 Å². The Balaban J connectivity index is 0.000000366. The molecule has 0 aromatic rings. The van der Waals surface area contributed by atoms with Crippen molar-refractivity contribution >= 4 is 0 Å². The third-order valence-corrected chi connectivity index (χ3v) is 4.02. The SMILES string of the molecule is C1=CC[C]([Ti+2][C]2=CC=CC2)=C1.C[N-]C.C[N-]C. The minimum absolute atomic E-state index is 0.0833. The summed E-state index contributed by atoms with van der Waals surface area (Å²) in [7, 11) is 7.00. The molecule has 2 nitrogen and oxygen atoms in total. The van der Waals surface area contributed by atoms with Crippen molar-refractivity contribution in [1.29, 1.82) is 0 Å². The van der Waals surface area contributed by atoms with E-state index in [2.05, 4.69) is 47.1 Å². The molecule has 0 aromatic heterocycles. The molecule has 0 saturated heterocycles. The van der Waals surface area contributed by atoms with E-state index in [1.807, 2.05) is 0 Å². The Labute approximate surface area is 115 Å². The Morgan fingerprint density at radius 2 is 1.18 bits per heavy atom. The minimum Gasteiger partial charge on any atom is -0.668 e. The van der Waals surface area contributed by atoms with Crippen LogP contribution in [0.1, 0.15) is 12.8 Å². The summed E-state index contributed by atoms with van der Waals surface area (Å²) in [5.74, 6) is 0. The van der Waals surface area contributed by atoms with Crippen LogP contribution in [0.15, 0.2) is 44.2 Å². The van der Waals surface area contributed by atoms with E-state index in [0.717, 1.165) is 0 Å². The molecule has 2 aliphatic rings. The fourth-order valence-corrected chi connectivity index (χ4v) is 3.18. The van der Waals surface area contributed by atoms with E-state index in [9.17, 15) is 0 Å². The summed E-state index contributed by atoms with van der Waals surface area (Å²) in [4.78, 5) is 0. The van der Waals surface area contributed by atoms with Gasteiger partial charge in [0, 0.05) is 0 Å². The van der Waals surface area contributed by atoms with Crippen LogP contribution in [-0.4, -0.2) is 28.2 Å². The van der Waals surface area contributed by atoms with Gasteiger partial charge < -0.3 is 10.6 Å². The van der Waals surface area contributed by atoms with E-state index in [1.54, 1.807) is 35.9 Å². The average Bonchev–Trinajstić information content (AvgIpc) is 2.94. The van der Waals surface area contributed by atoms with Crippen LogP contribution in [-0.2, 0) is 19.2 Å². The second-order valence-electron chi connectivity index (χ2n) is 3.67. The minimum atomic E-state index is 0.0833. The molecule has 0 unspecified atom stereocenters. The Bertz CT molecular complexity index is 271. The Hall–Kier alpha value is -0.406. The summed E-state index contributed by atoms with van der Waals surface area (Å²) in [5.41, 5.74) is 0. The van der Waals surface area contributed by atoms with Gasteiger partial charge in [-0.2, -0.15) is 28.2 Å². The Morgan fingerprint density at radius 1 is 0.824 bits per heavy atom. The van der Waals surface area contributed by atoms with E-state index >= 15 is 0 Å². The van der Waals surface area contributed by atoms with Gasteiger partial charge in [-0.15, -0.1) is 0 Å². The van der Waals surface area contributed by atoms with Gasteiger partial charge in [0.1, 0.15) is 0 Å². The summed E-state index contributed by atoms with van der Waals surface area (Å²) >= 11 is 0.0833. The molecule has 0 N–H and O–H groups in total. The van der Waals surface area contributed by atoms with Crippen LogP contribution >= 0.6 is 0 Å². The van der Waals surface area contributed by atoms with Gasteiger partial charge in [0.25, 0.3) is 0 Å². The molecule has 0 aromatic carbocycles. The van der Waals surface area contributed by atoms with E-state index in [1.165, 1.54) is 12.8 Å². The molecular weight excluding hydrogens is 244 g/mol. The predicted octanol–water partition coefficient (Wildman–Crippen LogP) is 4.00. The summed E-state index contributed by atoms with van der Waals surface area (Å²) in [6.07, 6.45) is 15.9. The molecule has 0 aliphatic heterocycles. The van der Waals surface area contributed by atoms with Gasteiger partial charge >= 0.3 is 76.2 Å². The summed E-state index contributed by atoms with van der Waals surface area (Å²) in [5, 5.41) is 7.00. The van der Waals surface area contributed by atoms with Crippen LogP contribution in [0.4, 0.5) is 0 Å². The first kappa shape index (κ1) is 16.6. The van der Waals surface area contributed by atoms with Crippen LogP contribution < -0.4 is 0 Å². The zero-order valence-electron chi connectivity index (χ0n) is 11.3. The van der Waals surface area contributed by atoms with Crippen molar-refractivity contribution in [3.05, 3.63) is 54.8 Å². The standard InChI is InChI=1S/2C5H5.2C2H6N.Ti/c2*1-2-4-5-3-1;2*1-3-2;/h2*1-3H,4H2;2*1-2H3;/q;;2*-1;+2. The van der Waals surface area contributed by atoms with Crippen LogP contribution in [0.5, 0.6) is 0 Å². The molecule has 3 heteroatoms. The maximum absolute atomic E-state index is 3.50. The quantitative estimate of drug-likeness (QED) is 0.676. The monoisotopic (exact) mass is 266 g/mol. The molecule has 0 heterocycles. The molecule has 0 amide bonds. The van der Waals surface area contributed by atoms with E-state index in [-0.39, 0.29) is 19.2 Å². The maximum atomic E-state index is 3.50. The Kier molecular flexibility index (Phi) is 11.8. The first-order valence-corrected chi connectivity index (χ1v) is 7.28. The second-order valence-corrected chi connectivity index (χ2v) is 6.06. The van der Waals surface area contributed by atoms with Gasteiger partial charge in [0.2, 0.25) is 0 Å². The zero-order valence-corrected chi connectivity index (χ0v) is 12.8. The Morgan fingerprint density at radius 3 is 1.41 bits per heavy atom. The normalized spacial score (nSPS) is 15.1. The van der Waals surface area contributed by atoms with Gasteiger partial charge in [-0.1, -0.05) is 0 Å². The molecule has 2 rings (SSSR count). The number of hydrogen-bond donors (Lipinski definition) is 0. The van der Waals surface area contributed by atoms with Crippen molar-refractivity contribution < 1.29 is 19.2 Å². The maximum Gasteiger partial charge on any atom is -0.162 e. The molecular formula is C14H22N2Ti.